The van der Waals surface area contributed by atoms with Crippen LogP contribution in [0.25, 0.3) is 11.0 Å². The summed E-state index contributed by atoms with van der Waals surface area (Å²) in [5.41, 5.74) is 1.41. The lowest BCUT2D eigenvalue weighted by Crippen LogP contribution is -2.36. The molecule has 5 nitrogen and oxygen atoms in total. The molecule has 2 atom stereocenters. The van der Waals surface area contributed by atoms with Crippen molar-refractivity contribution in [1.29, 1.82) is 0 Å². The molecular formula is C22H17BrClNO4. The van der Waals surface area contributed by atoms with Gasteiger partial charge in [-0.15, -0.1) is 0 Å². The molecule has 1 saturated heterocycles. The summed E-state index contributed by atoms with van der Waals surface area (Å²) in [4.78, 5) is 28.4. The lowest BCUT2D eigenvalue weighted by molar-refractivity contribution is 0.0486. The van der Waals surface area contributed by atoms with Gasteiger partial charge in [-0.2, -0.15) is 0 Å². The van der Waals surface area contributed by atoms with Crippen molar-refractivity contribution in [3.05, 3.63) is 79.1 Å². The Labute approximate surface area is 180 Å². The molecule has 1 aromatic heterocycles. The minimum absolute atomic E-state index is 0.0401. The fraction of sp³-hybridized carbons (Fsp3) is 0.273. The molecule has 29 heavy (non-hydrogen) atoms. The molecule has 1 amide bonds. The molecule has 3 aromatic rings. The van der Waals surface area contributed by atoms with Gasteiger partial charge in [0.1, 0.15) is 5.58 Å². The number of benzene rings is 2. The maximum Gasteiger partial charge on any atom is 0.291 e. The number of ether oxygens (including phenoxy) is 1. The molecule has 2 aliphatic rings. The summed E-state index contributed by atoms with van der Waals surface area (Å²) < 4.78 is 12.5. The zero-order chi connectivity index (χ0) is 20.1. The first-order valence-electron chi connectivity index (χ1n) is 9.47. The van der Waals surface area contributed by atoms with Crippen LogP contribution in [0.5, 0.6) is 0 Å². The molecule has 5 rings (SSSR count). The summed E-state index contributed by atoms with van der Waals surface area (Å²) in [7, 11) is 0. The molecule has 7 heteroatoms. The van der Waals surface area contributed by atoms with Gasteiger partial charge in [-0.05, 0) is 48.7 Å². The molecule has 0 radical (unpaired) electrons. The third kappa shape index (κ3) is 3.19. The maximum absolute atomic E-state index is 13.4. The number of hydrogen-bond acceptors (Lipinski definition) is 4. The van der Waals surface area contributed by atoms with Gasteiger partial charge in [-0.3, -0.25) is 9.59 Å². The van der Waals surface area contributed by atoms with E-state index in [1.54, 1.807) is 35.2 Å². The fourth-order valence-electron chi connectivity index (χ4n) is 4.18. The number of carbonyl (C=O) groups excluding carboxylic acids is 1. The molecule has 2 aromatic carbocycles. The first kappa shape index (κ1) is 18.9. The van der Waals surface area contributed by atoms with Gasteiger partial charge < -0.3 is 14.1 Å². The molecule has 2 aliphatic heterocycles. The highest BCUT2D eigenvalue weighted by Gasteiger charge is 2.43. The third-order valence-electron chi connectivity index (χ3n) is 5.54. The van der Waals surface area contributed by atoms with Crippen molar-refractivity contribution in [1.82, 2.24) is 4.90 Å². The Kier molecular flexibility index (Phi) is 4.73. The summed E-state index contributed by atoms with van der Waals surface area (Å²) in [6, 6.07) is 11.9. The van der Waals surface area contributed by atoms with E-state index >= 15 is 0 Å². The monoisotopic (exact) mass is 473 g/mol. The van der Waals surface area contributed by atoms with Crippen molar-refractivity contribution in [3.63, 3.8) is 0 Å². The van der Waals surface area contributed by atoms with E-state index in [1.165, 1.54) is 0 Å². The molecule has 2 unspecified atom stereocenters. The van der Waals surface area contributed by atoms with Gasteiger partial charge in [0.25, 0.3) is 5.91 Å². The zero-order valence-electron chi connectivity index (χ0n) is 15.4. The number of amides is 1. The van der Waals surface area contributed by atoms with E-state index in [-0.39, 0.29) is 23.2 Å². The normalized spacial score (nSPS) is 21.2. The molecule has 1 fully saturated rings. The zero-order valence-corrected chi connectivity index (χ0v) is 17.7. The smallest absolute Gasteiger partial charge is 0.291 e. The highest BCUT2D eigenvalue weighted by molar-refractivity contribution is 9.10. The SMILES string of the molecule is O=C1c2oc3ccc(Br)cc3c(=O)c2C(c2ccc(Cl)cc2)N1CC1CCCO1. The number of hydrogen-bond donors (Lipinski definition) is 0. The van der Waals surface area contributed by atoms with Crippen molar-refractivity contribution in [3.8, 4) is 0 Å². The van der Waals surface area contributed by atoms with E-state index in [2.05, 4.69) is 15.9 Å². The highest BCUT2D eigenvalue weighted by atomic mass is 79.9. The summed E-state index contributed by atoms with van der Waals surface area (Å²) >= 11 is 9.47. The number of halogens is 2. The van der Waals surface area contributed by atoms with Crippen molar-refractivity contribution in [2.24, 2.45) is 0 Å². The average Bonchev–Trinajstić information content (AvgIpc) is 3.32. The molecule has 0 aliphatic carbocycles. The molecule has 0 N–H and O–H groups in total. The van der Waals surface area contributed by atoms with Crippen molar-refractivity contribution in [2.75, 3.05) is 13.2 Å². The van der Waals surface area contributed by atoms with Crippen LogP contribution < -0.4 is 5.43 Å². The lowest BCUT2D eigenvalue weighted by Gasteiger charge is -2.27. The number of fused-ring (bicyclic) bond motifs is 2. The van der Waals surface area contributed by atoms with E-state index in [1.807, 2.05) is 12.1 Å². The molecule has 0 spiro atoms. The van der Waals surface area contributed by atoms with Crippen molar-refractivity contribution < 1.29 is 13.9 Å². The number of rotatable bonds is 3. The van der Waals surface area contributed by atoms with Gasteiger partial charge in [0.2, 0.25) is 5.76 Å². The van der Waals surface area contributed by atoms with Gasteiger partial charge >= 0.3 is 0 Å². The minimum atomic E-state index is -0.529. The van der Waals surface area contributed by atoms with E-state index in [0.29, 0.717) is 34.7 Å². The third-order valence-corrected chi connectivity index (χ3v) is 6.28. The predicted octanol–water partition coefficient (Wildman–Crippen LogP) is 4.93. The average molecular weight is 475 g/mol. The largest absolute Gasteiger partial charge is 0.450 e. The van der Waals surface area contributed by atoms with E-state index in [4.69, 9.17) is 20.8 Å². The Morgan fingerprint density at radius 3 is 2.66 bits per heavy atom. The molecular weight excluding hydrogens is 458 g/mol. The van der Waals surface area contributed by atoms with E-state index in [0.717, 1.165) is 22.9 Å². The molecule has 0 saturated carbocycles. The van der Waals surface area contributed by atoms with Crippen LogP contribution in [0.15, 0.2) is 56.1 Å². The van der Waals surface area contributed by atoms with Crippen LogP contribution in [0.2, 0.25) is 5.02 Å². The van der Waals surface area contributed by atoms with Crippen LogP contribution in [0.3, 0.4) is 0 Å². The number of carbonyl (C=O) groups is 1. The van der Waals surface area contributed by atoms with Crippen LogP contribution in [0, 0.1) is 0 Å². The maximum atomic E-state index is 13.4. The summed E-state index contributed by atoms with van der Waals surface area (Å²) in [6.45, 7) is 1.11. The standard InChI is InChI=1S/C22H17BrClNO4/c23-13-5-8-17-16(10-13)20(26)18-19(12-3-6-14(24)7-4-12)25(22(27)21(18)29-17)11-15-2-1-9-28-15/h3-8,10,15,19H,1-2,9,11H2. The van der Waals surface area contributed by atoms with Crippen LogP contribution >= 0.6 is 27.5 Å². The Morgan fingerprint density at radius 2 is 1.93 bits per heavy atom. The van der Waals surface area contributed by atoms with Gasteiger partial charge in [-0.25, -0.2) is 0 Å². The van der Waals surface area contributed by atoms with E-state index < -0.39 is 6.04 Å². The summed E-state index contributed by atoms with van der Waals surface area (Å²) in [5.74, 6) is -0.167. The highest BCUT2D eigenvalue weighted by Crippen LogP contribution is 2.39. The minimum Gasteiger partial charge on any atom is -0.450 e. The molecule has 3 heterocycles. The summed E-state index contributed by atoms with van der Waals surface area (Å²) in [6.07, 6.45) is 1.83. The van der Waals surface area contributed by atoms with Gasteiger partial charge in [0, 0.05) is 22.6 Å². The molecule has 0 bridgehead atoms. The Hall–Kier alpha value is -2.15. The first-order chi connectivity index (χ1) is 14.0. The Balaban J connectivity index is 1.71. The first-order valence-corrected chi connectivity index (χ1v) is 10.6. The second kappa shape index (κ2) is 7.27. The van der Waals surface area contributed by atoms with Gasteiger partial charge in [0.15, 0.2) is 5.43 Å². The lowest BCUT2D eigenvalue weighted by atomic mass is 9.98. The second-order valence-corrected chi connectivity index (χ2v) is 8.71. The van der Waals surface area contributed by atoms with Crippen LogP contribution in [-0.4, -0.2) is 30.1 Å². The fourth-order valence-corrected chi connectivity index (χ4v) is 4.67. The van der Waals surface area contributed by atoms with E-state index in [9.17, 15) is 9.59 Å². The summed E-state index contributed by atoms with van der Waals surface area (Å²) in [5, 5.41) is 1.04. The Morgan fingerprint density at radius 1 is 1.14 bits per heavy atom. The van der Waals surface area contributed by atoms with Gasteiger partial charge in [-0.1, -0.05) is 39.7 Å². The van der Waals surface area contributed by atoms with Crippen molar-refractivity contribution >= 4 is 44.4 Å². The van der Waals surface area contributed by atoms with Gasteiger partial charge in [0.05, 0.1) is 23.1 Å². The van der Waals surface area contributed by atoms with Crippen LogP contribution in [0.1, 0.15) is 40.6 Å². The van der Waals surface area contributed by atoms with Crippen molar-refractivity contribution in [2.45, 2.75) is 25.0 Å². The topological polar surface area (TPSA) is 59.8 Å². The Bertz CT molecular complexity index is 1170. The quantitative estimate of drug-likeness (QED) is 0.540. The molecule has 148 valence electrons. The van der Waals surface area contributed by atoms with Crippen LogP contribution in [-0.2, 0) is 4.74 Å². The number of nitrogens with zero attached hydrogens (tertiary/aromatic N) is 1. The second-order valence-electron chi connectivity index (χ2n) is 7.36. The van der Waals surface area contributed by atoms with Crippen LogP contribution in [0.4, 0.5) is 0 Å². The predicted molar refractivity (Wildman–Crippen MR) is 113 cm³/mol.